The number of rotatable bonds is 10. The molecule has 1 saturated carbocycles. The number of benzene rings is 2. The van der Waals surface area contributed by atoms with Crippen LogP contribution < -0.4 is 10.6 Å². The predicted octanol–water partition coefficient (Wildman–Crippen LogP) is 4.16. The summed E-state index contributed by atoms with van der Waals surface area (Å²) in [5, 5.41) is 16.9. The Morgan fingerprint density at radius 3 is 2.29 bits per heavy atom. The van der Waals surface area contributed by atoms with Gasteiger partial charge in [0.1, 0.15) is 17.4 Å². The average Bonchev–Trinajstić information content (AvgIpc) is 3.41. The van der Waals surface area contributed by atoms with Crippen LogP contribution in [0.15, 0.2) is 48.5 Å². The number of nitrogens with zero attached hydrogens (tertiary/aromatic N) is 2. The maximum absolute atomic E-state index is 13.7. The molecule has 8 nitrogen and oxygen atoms in total. The Balaban J connectivity index is 1.17. The van der Waals surface area contributed by atoms with Gasteiger partial charge in [-0.3, -0.25) is 19.3 Å². The number of amides is 3. The van der Waals surface area contributed by atoms with Crippen LogP contribution in [0.5, 0.6) is 0 Å². The minimum absolute atomic E-state index is 0.0473. The number of piperazine rings is 1. The molecule has 2 aromatic carbocycles. The Morgan fingerprint density at radius 1 is 1.00 bits per heavy atom. The van der Waals surface area contributed by atoms with E-state index in [2.05, 4.69) is 22.5 Å². The van der Waals surface area contributed by atoms with E-state index in [0.717, 1.165) is 36.8 Å². The van der Waals surface area contributed by atoms with Gasteiger partial charge in [-0.1, -0.05) is 50.5 Å². The number of nitrogens with one attached hydrogen (secondary N) is 2. The van der Waals surface area contributed by atoms with Crippen LogP contribution in [0.25, 0.3) is 0 Å². The van der Waals surface area contributed by atoms with E-state index >= 15 is 0 Å². The van der Waals surface area contributed by atoms with Crippen molar-refractivity contribution in [2.24, 2.45) is 0 Å². The number of halogens is 1. The van der Waals surface area contributed by atoms with E-state index in [-0.39, 0.29) is 30.0 Å². The average molecular weight is 579 g/mol. The minimum atomic E-state index is -0.862. The number of hydrogen-bond acceptors (Lipinski definition) is 5. The highest BCUT2D eigenvalue weighted by Crippen LogP contribution is 2.38. The highest BCUT2D eigenvalue weighted by atomic mass is 19.1. The third-order valence-corrected chi connectivity index (χ3v) is 9.27. The molecule has 3 N–H and O–H groups in total. The molecule has 3 amide bonds. The smallest absolute Gasteiger partial charge is 0.246 e. The molecular weight excluding hydrogens is 535 g/mol. The number of anilines is 1. The van der Waals surface area contributed by atoms with Gasteiger partial charge in [0, 0.05) is 38.3 Å². The molecule has 1 atom stereocenters. The fourth-order valence-corrected chi connectivity index (χ4v) is 6.79. The predicted molar refractivity (Wildman–Crippen MR) is 159 cm³/mol. The molecule has 0 bridgehead atoms. The lowest BCUT2D eigenvalue weighted by atomic mass is 9.80. The molecule has 42 heavy (non-hydrogen) atoms. The first-order valence-corrected chi connectivity index (χ1v) is 15.4. The second-order valence-corrected chi connectivity index (χ2v) is 12.4. The summed E-state index contributed by atoms with van der Waals surface area (Å²) in [4.78, 5) is 43.9. The topological polar surface area (TPSA) is 102 Å². The van der Waals surface area contributed by atoms with Crippen molar-refractivity contribution in [2.45, 2.75) is 94.9 Å². The summed E-state index contributed by atoms with van der Waals surface area (Å²) in [7, 11) is 0. The molecule has 0 aromatic heterocycles. The molecular formula is C33H43FN4O4. The third-order valence-electron chi connectivity index (χ3n) is 9.27. The van der Waals surface area contributed by atoms with Crippen molar-refractivity contribution in [2.75, 3.05) is 25.0 Å². The van der Waals surface area contributed by atoms with Crippen molar-refractivity contribution in [3.8, 4) is 0 Å². The first-order valence-electron chi connectivity index (χ1n) is 15.4. The summed E-state index contributed by atoms with van der Waals surface area (Å²) in [5.74, 6) is -0.617. The quantitative estimate of drug-likeness (QED) is 0.393. The number of hydrogen-bond donors (Lipinski definition) is 3. The Bertz CT molecular complexity index is 1250. The van der Waals surface area contributed by atoms with Gasteiger partial charge in [0.05, 0.1) is 12.0 Å². The normalized spacial score (nSPS) is 21.9. The summed E-state index contributed by atoms with van der Waals surface area (Å²) in [6, 6.07) is 13.0. The van der Waals surface area contributed by atoms with Gasteiger partial charge in [-0.05, 0) is 67.5 Å². The molecule has 2 aromatic rings. The number of carbonyl (C=O) groups excluding carboxylic acids is 3. The third kappa shape index (κ3) is 6.84. The highest BCUT2D eigenvalue weighted by molar-refractivity contribution is 6.00. The molecule has 3 aliphatic rings. The fourth-order valence-electron chi connectivity index (χ4n) is 6.79. The second kappa shape index (κ2) is 12.9. The van der Waals surface area contributed by atoms with Crippen LogP contribution in [-0.4, -0.2) is 69.4 Å². The van der Waals surface area contributed by atoms with Crippen LogP contribution in [0.1, 0.15) is 75.8 Å². The van der Waals surface area contributed by atoms with E-state index in [1.807, 2.05) is 29.2 Å². The van der Waals surface area contributed by atoms with Crippen LogP contribution >= 0.6 is 0 Å². The number of likely N-dealkylation sites (tertiary alicyclic amines) is 1. The number of carbonyl (C=O) groups is 3. The first kappa shape index (κ1) is 30.2. The number of aliphatic hydroxyl groups is 1. The van der Waals surface area contributed by atoms with Crippen LogP contribution in [-0.2, 0) is 27.3 Å². The maximum Gasteiger partial charge on any atom is 0.246 e. The Labute approximate surface area is 247 Å². The molecule has 1 spiro atoms. The van der Waals surface area contributed by atoms with Crippen LogP contribution in [0, 0.1) is 5.82 Å². The standard InChI is InChI=1S/C33H43FN4O4/c1-2-3-18-38-30(40)28(22-32(42)14-4-5-15-32)36-31(41)33(38)16-19-37(20-17-33)23-25-8-12-27(13-9-25)35-29(39)21-24-6-10-26(34)11-7-24/h6-13,28,42H,2-5,14-23H2,1H3,(H,35,39)(H,36,41)/t28-/m1/s1. The van der Waals surface area contributed by atoms with E-state index in [9.17, 15) is 23.9 Å². The zero-order valence-electron chi connectivity index (χ0n) is 24.5. The maximum atomic E-state index is 13.7. The minimum Gasteiger partial charge on any atom is -0.390 e. The van der Waals surface area contributed by atoms with Gasteiger partial charge in [0.15, 0.2) is 0 Å². The van der Waals surface area contributed by atoms with E-state index in [1.54, 1.807) is 12.1 Å². The van der Waals surface area contributed by atoms with Crippen molar-refractivity contribution in [3.05, 3.63) is 65.5 Å². The van der Waals surface area contributed by atoms with E-state index < -0.39 is 17.2 Å². The lowest BCUT2D eigenvalue weighted by Crippen LogP contribution is -2.73. The molecule has 3 fully saturated rings. The molecule has 1 aliphatic carbocycles. The molecule has 2 saturated heterocycles. The van der Waals surface area contributed by atoms with Gasteiger partial charge in [-0.25, -0.2) is 4.39 Å². The second-order valence-electron chi connectivity index (χ2n) is 12.4. The van der Waals surface area contributed by atoms with Crippen LogP contribution in [0.2, 0.25) is 0 Å². The number of piperidine rings is 1. The van der Waals surface area contributed by atoms with E-state index in [1.165, 1.54) is 12.1 Å². The van der Waals surface area contributed by atoms with Crippen molar-refractivity contribution in [1.82, 2.24) is 15.1 Å². The summed E-state index contributed by atoms with van der Waals surface area (Å²) in [5.41, 5.74) is 0.843. The summed E-state index contributed by atoms with van der Waals surface area (Å²) >= 11 is 0. The van der Waals surface area contributed by atoms with Crippen molar-refractivity contribution in [1.29, 1.82) is 0 Å². The van der Waals surface area contributed by atoms with Gasteiger partial charge < -0.3 is 20.6 Å². The highest BCUT2D eigenvalue weighted by Gasteiger charge is 2.54. The lowest BCUT2D eigenvalue weighted by molar-refractivity contribution is -0.163. The van der Waals surface area contributed by atoms with Gasteiger partial charge in [-0.2, -0.15) is 0 Å². The SMILES string of the molecule is CCCCN1C(=O)[C@@H](CC2(O)CCCC2)NC(=O)C12CCN(Cc1ccc(NC(=O)Cc3ccc(F)cc3)cc1)CC2. The number of unbranched alkanes of at least 4 members (excludes halogenated alkanes) is 1. The molecule has 0 unspecified atom stereocenters. The van der Waals surface area contributed by atoms with Gasteiger partial charge in [0.25, 0.3) is 0 Å². The Kier molecular flexibility index (Phi) is 9.28. The van der Waals surface area contributed by atoms with Crippen molar-refractivity contribution >= 4 is 23.4 Å². The van der Waals surface area contributed by atoms with Crippen LogP contribution in [0.3, 0.4) is 0 Å². The summed E-state index contributed by atoms with van der Waals surface area (Å²) < 4.78 is 13.1. The van der Waals surface area contributed by atoms with Crippen molar-refractivity contribution in [3.63, 3.8) is 0 Å². The van der Waals surface area contributed by atoms with Gasteiger partial charge in [-0.15, -0.1) is 0 Å². The molecule has 5 rings (SSSR count). The fraction of sp³-hybridized carbons (Fsp3) is 0.545. The van der Waals surface area contributed by atoms with E-state index in [0.29, 0.717) is 64.0 Å². The molecule has 2 heterocycles. The van der Waals surface area contributed by atoms with Crippen molar-refractivity contribution < 1.29 is 23.9 Å². The zero-order chi connectivity index (χ0) is 29.7. The molecule has 226 valence electrons. The van der Waals surface area contributed by atoms with Crippen LogP contribution in [0.4, 0.5) is 10.1 Å². The Morgan fingerprint density at radius 2 is 1.64 bits per heavy atom. The molecule has 9 heteroatoms. The summed E-state index contributed by atoms with van der Waals surface area (Å²) in [6.45, 7) is 4.74. The Hall–Kier alpha value is -3.30. The lowest BCUT2D eigenvalue weighted by Gasteiger charge is -2.52. The zero-order valence-corrected chi connectivity index (χ0v) is 24.5. The monoisotopic (exact) mass is 578 g/mol. The van der Waals surface area contributed by atoms with Gasteiger partial charge in [0.2, 0.25) is 17.7 Å². The van der Waals surface area contributed by atoms with Gasteiger partial charge >= 0.3 is 0 Å². The molecule has 0 radical (unpaired) electrons. The molecule has 2 aliphatic heterocycles. The largest absolute Gasteiger partial charge is 0.390 e. The van der Waals surface area contributed by atoms with E-state index in [4.69, 9.17) is 0 Å². The summed E-state index contributed by atoms with van der Waals surface area (Å²) in [6.07, 6.45) is 6.68. The first-order chi connectivity index (χ1) is 20.2.